The normalized spacial score (nSPS) is 14.8. The number of hydrogen-bond acceptors (Lipinski definition) is 4. The third-order valence-corrected chi connectivity index (χ3v) is 5.77. The van der Waals surface area contributed by atoms with Crippen molar-refractivity contribution in [2.75, 3.05) is 44.2 Å². The molecule has 1 aromatic heterocycles. The van der Waals surface area contributed by atoms with Crippen LogP contribution in [0.3, 0.4) is 0 Å². The van der Waals surface area contributed by atoms with Crippen LogP contribution in [-0.4, -0.2) is 60.8 Å². The number of rotatable bonds is 7. The van der Waals surface area contributed by atoms with Gasteiger partial charge in [-0.3, -0.25) is 14.5 Å². The van der Waals surface area contributed by atoms with Crippen molar-refractivity contribution in [1.82, 2.24) is 15.2 Å². The van der Waals surface area contributed by atoms with Gasteiger partial charge in [0.25, 0.3) is 0 Å². The van der Waals surface area contributed by atoms with Crippen LogP contribution in [0.15, 0.2) is 54.7 Å². The highest BCUT2D eigenvalue weighted by Gasteiger charge is 2.19. The van der Waals surface area contributed by atoms with Gasteiger partial charge in [-0.25, -0.2) is 0 Å². The maximum atomic E-state index is 12.4. The zero-order chi connectivity index (χ0) is 20.9. The third kappa shape index (κ3) is 4.71. The van der Waals surface area contributed by atoms with Gasteiger partial charge in [0.05, 0.1) is 6.54 Å². The molecular weight excluding hydrogens is 376 g/mol. The van der Waals surface area contributed by atoms with Crippen molar-refractivity contribution >= 4 is 28.3 Å². The van der Waals surface area contributed by atoms with Crippen molar-refractivity contribution in [3.63, 3.8) is 0 Å². The highest BCUT2D eigenvalue weighted by molar-refractivity contribution is 5.94. The van der Waals surface area contributed by atoms with Crippen molar-refractivity contribution in [2.45, 2.75) is 13.3 Å². The number of nitrogens with zero attached hydrogens (tertiary/aromatic N) is 2. The fourth-order valence-electron chi connectivity index (χ4n) is 4.01. The quantitative estimate of drug-likeness (QED) is 0.594. The van der Waals surface area contributed by atoms with Gasteiger partial charge in [-0.1, -0.05) is 18.2 Å². The van der Waals surface area contributed by atoms with Crippen molar-refractivity contribution < 1.29 is 9.59 Å². The molecular formula is C24H28N4O2. The second-order valence-electron chi connectivity index (χ2n) is 7.83. The van der Waals surface area contributed by atoms with Crippen molar-refractivity contribution in [3.05, 3.63) is 65.9 Å². The number of hydrogen-bond donors (Lipinski definition) is 2. The number of aromatic nitrogens is 1. The number of Topliss-reactive ketones (excluding diaryl/α,β-unsaturated/α-hetero) is 1. The Balaban J connectivity index is 1.20. The first-order valence-electron chi connectivity index (χ1n) is 10.5. The number of benzene rings is 2. The van der Waals surface area contributed by atoms with E-state index >= 15 is 0 Å². The van der Waals surface area contributed by atoms with E-state index < -0.39 is 0 Å². The Bertz CT molecular complexity index is 1020. The molecule has 1 aliphatic heterocycles. The lowest BCUT2D eigenvalue weighted by Crippen LogP contribution is -2.49. The molecule has 4 rings (SSSR count). The molecule has 1 saturated heterocycles. The minimum absolute atomic E-state index is 0.0779. The summed E-state index contributed by atoms with van der Waals surface area (Å²) >= 11 is 0. The molecule has 0 spiro atoms. The number of aromatic amines is 1. The maximum absolute atomic E-state index is 12.4. The summed E-state index contributed by atoms with van der Waals surface area (Å²) in [5, 5.41) is 4.27. The van der Waals surface area contributed by atoms with Crippen molar-refractivity contribution in [2.24, 2.45) is 0 Å². The second-order valence-corrected chi connectivity index (χ2v) is 7.83. The predicted octanol–water partition coefficient (Wildman–Crippen LogP) is 2.85. The van der Waals surface area contributed by atoms with Gasteiger partial charge in [0.15, 0.2) is 5.78 Å². The summed E-state index contributed by atoms with van der Waals surface area (Å²) in [4.78, 5) is 31.5. The summed E-state index contributed by atoms with van der Waals surface area (Å²) in [6.07, 6.45) is 2.85. The molecule has 1 amide bonds. The average Bonchev–Trinajstić information content (AvgIpc) is 3.17. The second kappa shape index (κ2) is 9.13. The van der Waals surface area contributed by atoms with Gasteiger partial charge in [0, 0.05) is 61.1 Å². The maximum Gasteiger partial charge on any atom is 0.234 e. The Morgan fingerprint density at radius 2 is 1.73 bits per heavy atom. The zero-order valence-electron chi connectivity index (χ0n) is 17.4. The van der Waals surface area contributed by atoms with E-state index in [1.165, 1.54) is 10.9 Å². The van der Waals surface area contributed by atoms with Crippen LogP contribution < -0.4 is 10.2 Å². The summed E-state index contributed by atoms with van der Waals surface area (Å²) in [6, 6.07) is 16.0. The number of nitrogens with one attached hydrogen (secondary N) is 2. The van der Waals surface area contributed by atoms with E-state index in [4.69, 9.17) is 0 Å². The van der Waals surface area contributed by atoms with Crippen LogP contribution >= 0.6 is 0 Å². The van der Waals surface area contributed by atoms with Gasteiger partial charge in [-0.15, -0.1) is 0 Å². The molecule has 2 heterocycles. The number of ketones is 1. The van der Waals surface area contributed by atoms with Crippen LogP contribution in [0.5, 0.6) is 0 Å². The Morgan fingerprint density at radius 3 is 2.47 bits per heavy atom. The molecule has 6 nitrogen and oxygen atoms in total. The SMILES string of the molecule is CC(=O)c1ccc(N2CCN(CC(=O)NCCc3c[nH]c4ccccc34)CC2)cc1. The van der Waals surface area contributed by atoms with Gasteiger partial charge in [0.2, 0.25) is 5.91 Å². The van der Waals surface area contributed by atoms with Gasteiger partial charge in [-0.2, -0.15) is 0 Å². The summed E-state index contributed by atoms with van der Waals surface area (Å²) in [5.74, 6) is 0.163. The number of fused-ring (bicyclic) bond motifs is 1. The van der Waals surface area contributed by atoms with Gasteiger partial charge >= 0.3 is 0 Å². The Kier molecular flexibility index (Phi) is 6.14. The molecule has 0 atom stereocenters. The zero-order valence-corrected chi connectivity index (χ0v) is 17.4. The highest BCUT2D eigenvalue weighted by Crippen LogP contribution is 2.18. The van der Waals surface area contributed by atoms with E-state index in [2.05, 4.69) is 32.2 Å². The molecule has 0 unspecified atom stereocenters. The third-order valence-electron chi connectivity index (χ3n) is 5.77. The Morgan fingerprint density at radius 1 is 1.00 bits per heavy atom. The van der Waals surface area contributed by atoms with Crippen molar-refractivity contribution in [3.8, 4) is 0 Å². The smallest absolute Gasteiger partial charge is 0.234 e. The van der Waals surface area contributed by atoms with E-state index in [-0.39, 0.29) is 11.7 Å². The number of para-hydroxylation sites is 1. The number of amides is 1. The van der Waals surface area contributed by atoms with E-state index in [9.17, 15) is 9.59 Å². The van der Waals surface area contributed by atoms with E-state index in [0.29, 0.717) is 13.1 Å². The van der Waals surface area contributed by atoms with Gasteiger partial charge < -0.3 is 15.2 Å². The molecule has 6 heteroatoms. The fraction of sp³-hybridized carbons (Fsp3) is 0.333. The largest absolute Gasteiger partial charge is 0.369 e. The van der Waals surface area contributed by atoms with Crippen LogP contribution in [0.25, 0.3) is 10.9 Å². The van der Waals surface area contributed by atoms with Crippen LogP contribution in [0.1, 0.15) is 22.8 Å². The van der Waals surface area contributed by atoms with Crippen LogP contribution in [0.4, 0.5) is 5.69 Å². The molecule has 3 aromatic rings. The first-order chi connectivity index (χ1) is 14.6. The molecule has 30 heavy (non-hydrogen) atoms. The topological polar surface area (TPSA) is 68.4 Å². The fourth-order valence-corrected chi connectivity index (χ4v) is 4.01. The number of H-pyrrole nitrogens is 1. The van der Waals surface area contributed by atoms with Crippen molar-refractivity contribution in [1.29, 1.82) is 0 Å². The van der Waals surface area contributed by atoms with Gasteiger partial charge in [0.1, 0.15) is 0 Å². The molecule has 2 aromatic carbocycles. The highest BCUT2D eigenvalue weighted by atomic mass is 16.2. The summed E-state index contributed by atoms with van der Waals surface area (Å²) in [6.45, 7) is 6.12. The number of piperazine rings is 1. The standard InChI is InChI=1S/C24H28N4O2/c1-18(29)19-6-8-21(9-7-19)28-14-12-27(13-15-28)17-24(30)25-11-10-20-16-26-23-5-3-2-4-22(20)23/h2-9,16,26H,10-15,17H2,1H3,(H,25,30). The van der Waals surface area contributed by atoms with Crippen LogP contribution in [-0.2, 0) is 11.2 Å². The first kappa shape index (κ1) is 20.2. The lowest BCUT2D eigenvalue weighted by molar-refractivity contribution is -0.122. The summed E-state index contributed by atoms with van der Waals surface area (Å²) in [7, 11) is 0. The minimum Gasteiger partial charge on any atom is -0.369 e. The summed E-state index contributed by atoms with van der Waals surface area (Å²) < 4.78 is 0. The van der Waals surface area contributed by atoms with E-state index in [1.807, 2.05) is 42.6 Å². The van der Waals surface area contributed by atoms with Gasteiger partial charge in [-0.05, 0) is 49.2 Å². The molecule has 0 radical (unpaired) electrons. The Hall–Kier alpha value is -3.12. The molecule has 2 N–H and O–H groups in total. The summed E-state index contributed by atoms with van der Waals surface area (Å²) in [5.41, 5.74) is 4.23. The molecule has 0 bridgehead atoms. The number of carbonyl (C=O) groups excluding carboxylic acids is 2. The molecule has 1 aliphatic rings. The van der Waals surface area contributed by atoms with Crippen LogP contribution in [0.2, 0.25) is 0 Å². The number of carbonyl (C=O) groups is 2. The van der Waals surface area contributed by atoms with E-state index in [1.54, 1.807) is 6.92 Å². The molecule has 1 fully saturated rings. The van der Waals surface area contributed by atoms with Crippen LogP contribution in [0, 0.1) is 0 Å². The monoisotopic (exact) mass is 404 g/mol. The molecule has 156 valence electrons. The average molecular weight is 405 g/mol. The first-order valence-corrected chi connectivity index (χ1v) is 10.5. The lowest BCUT2D eigenvalue weighted by atomic mass is 10.1. The molecule has 0 saturated carbocycles. The lowest BCUT2D eigenvalue weighted by Gasteiger charge is -2.35. The Labute approximate surface area is 176 Å². The van der Waals surface area contributed by atoms with E-state index in [0.717, 1.165) is 49.4 Å². The minimum atomic E-state index is 0.0779. The predicted molar refractivity (Wildman–Crippen MR) is 120 cm³/mol. The molecule has 0 aliphatic carbocycles. The number of anilines is 1.